The Bertz CT molecular complexity index is 284. The largest absolute Gasteiger partial charge is 0.480 e. The second-order valence-electron chi connectivity index (χ2n) is 4.61. The molecular weight excluding hydrogens is 232 g/mol. The molecule has 0 aliphatic carbocycles. The van der Waals surface area contributed by atoms with Gasteiger partial charge in [-0.3, -0.25) is 0 Å². The van der Waals surface area contributed by atoms with E-state index >= 15 is 0 Å². The average molecular weight is 258 g/mol. The van der Waals surface area contributed by atoms with Gasteiger partial charge in [-0.15, -0.1) is 0 Å². The number of nitrogens with one attached hydrogen (secondary N) is 1. The zero-order valence-electron chi connectivity index (χ0n) is 12.1. The van der Waals surface area contributed by atoms with Crippen molar-refractivity contribution in [2.75, 3.05) is 7.05 Å². The van der Waals surface area contributed by atoms with Crippen molar-refractivity contribution in [3.8, 4) is 0 Å². The zero-order valence-corrected chi connectivity index (χ0v) is 12.1. The fourth-order valence-corrected chi connectivity index (χ4v) is 2.08. The molecule has 0 rings (SSSR count). The second kappa shape index (κ2) is 7.24. The van der Waals surface area contributed by atoms with E-state index in [9.17, 15) is 14.7 Å². The van der Waals surface area contributed by atoms with E-state index in [2.05, 4.69) is 5.32 Å². The lowest BCUT2D eigenvalue weighted by Gasteiger charge is -2.33. The Kier molecular flexibility index (Phi) is 6.73. The first-order valence-electron chi connectivity index (χ1n) is 6.66. The Balaban J connectivity index is 4.85. The molecule has 0 radical (unpaired) electrons. The fraction of sp³-hybridized carbons (Fsp3) is 0.846. The molecule has 0 aliphatic heterocycles. The second-order valence-corrected chi connectivity index (χ2v) is 4.61. The van der Waals surface area contributed by atoms with Crippen molar-refractivity contribution in [2.45, 2.75) is 65.0 Å². The summed E-state index contributed by atoms with van der Waals surface area (Å²) in [5.41, 5.74) is -1.16. The number of carbonyl (C=O) groups excluding carboxylic acids is 1. The summed E-state index contributed by atoms with van der Waals surface area (Å²) in [4.78, 5) is 25.0. The molecule has 0 aliphatic rings. The predicted octanol–water partition coefficient (Wildman–Crippen LogP) is 2.46. The molecular formula is C13H26N2O3. The molecule has 2 amide bonds. The molecule has 0 heterocycles. The first kappa shape index (κ1) is 16.7. The summed E-state index contributed by atoms with van der Waals surface area (Å²) < 4.78 is 0. The average Bonchev–Trinajstić information content (AvgIpc) is 2.36. The van der Waals surface area contributed by atoms with Crippen LogP contribution in [0.5, 0.6) is 0 Å². The van der Waals surface area contributed by atoms with Crippen molar-refractivity contribution in [3.63, 3.8) is 0 Å². The third-order valence-electron chi connectivity index (χ3n) is 3.77. The summed E-state index contributed by atoms with van der Waals surface area (Å²) in [5, 5.41) is 11.9. The molecule has 5 nitrogen and oxygen atoms in total. The van der Waals surface area contributed by atoms with Gasteiger partial charge in [-0.1, -0.05) is 27.7 Å². The van der Waals surface area contributed by atoms with E-state index in [4.69, 9.17) is 0 Å². The molecule has 0 aromatic heterocycles. The fourth-order valence-electron chi connectivity index (χ4n) is 2.08. The summed E-state index contributed by atoms with van der Waals surface area (Å²) in [6, 6.07) is -0.167. The van der Waals surface area contributed by atoms with Gasteiger partial charge in [-0.2, -0.15) is 0 Å². The van der Waals surface area contributed by atoms with E-state index in [0.29, 0.717) is 12.8 Å². The highest BCUT2D eigenvalue weighted by molar-refractivity contribution is 5.86. The van der Waals surface area contributed by atoms with Crippen molar-refractivity contribution in [2.24, 2.45) is 0 Å². The maximum Gasteiger partial charge on any atom is 0.329 e. The lowest BCUT2D eigenvalue weighted by Crippen LogP contribution is -2.58. The highest BCUT2D eigenvalue weighted by atomic mass is 16.4. The number of aliphatic carboxylic acids is 1. The SMILES string of the molecule is CCC(CC)N(C)C(=O)NC(CC)(CC)C(=O)O. The highest BCUT2D eigenvalue weighted by Crippen LogP contribution is 2.17. The molecule has 0 saturated carbocycles. The number of hydrogen-bond donors (Lipinski definition) is 2. The molecule has 0 unspecified atom stereocenters. The van der Waals surface area contributed by atoms with E-state index in [0.717, 1.165) is 12.8 Å². The minimum absolute atomic E-state index is 0.144. The summed E-state index contributed by atoms with van der Waals surface area (Å²) in [6.45, 7) is 7.58. The van der Waals surface area contributed by atoms with Crippen LogP contribution in [0.3, 0.4) is 0 Å². The molecule has 0 saturated heterocycles. The number of carboxylic acids is 1. The van der Waals surface area contributed by atoms with Gasteiger partial charge < -0.3 is 15.3 Å². The lowest BCUT2D eigenvalue weighted by atomic mass is 9.93. The van der Waals surface area contributed by atoms with Crippen molar-refractivity contribution in [3.05, 3.63) is 0 Å². The maximum atomic E-state index is 12.1. The Labute approximate surface area is 110 Å². The van der Waals surface area contributed by atoms with E-state index in [1.165, 1.54) is 0 Å². The monoisotopic (exact) mass is 258 g/mol. The van der Waals surface area contributed by atoms with Crippen LogP contribution in [0.15, 0.2) is 0 Å². The van der Waals surface area contributed by atoms with Gasteiger partial charge in [0.1, 0.15) is 5.54 Å². The van der Waals surface area contributed by atoms with Crippen LogP contribution in [-0.2, 0) is 4.79 Å². The van der Waals surface area contributed by atoms with Crippen LogP contribution in [0.2, 0.25) is 0 Å². The molecule has 0 aromatic carbocycles. The first-order valence-corrected chi connectivity index (χ1v) is 6.66. The standard InChI is InChI=1S/C13H26N2O3/c1-6-10(7-2)15(5)12(18)14-13(8-3,9-4)11(16)17/h10H,6-9H2,1-5H3,(H,14,18)(H,16,17). The summed E-state index contributed by atoms with van der Waals surface area (Å²) in [5.74, 6) is -0.973. The summed E-state index contributed by atoms with van der Waals surface area (Å²) >= 11 is 0. The minimum atomic E-state index is -1.16. The topological polar surface area (TPSA) is 69.6 Å². The third-order valence-corrected chi connectivity index (χ3v) is 3.77. The van der Waals surface area contributed by atoms with Crippen molar-refractivity contribution >= 4 is 12.0 Å². The molecule has 0 bridgehead atoms. The lowest BCUT2D eigenvalue weighted by molar-refractivity contribution is -0.144. The third kappa shape index (κ3) is 3.62. The number of urea groups is 1. The van der Waals surface area contributed by atoms with Gasteiger partial charge in [0.05, 0.1) is 0 Å². The zero-order chi connectivity index (χ0) is 14.3. The van der Waals surface area contributed by atoms with Crippen LogP contribution in [0, 0.1) is 0 Å². The number of hydrogen-bond acceptors (Lipinski definition) is 2. The van der Waals surface area contributed by atoms with Crippen molar-refractivity contribution in [1.29, 1.82) is 0 Å². The number of carboxylic acid groups (broad SMARTS) is 1. The molecule has 18 heavy (non-hydrogen) atoms. The first-order chi connectivity index (χ1) is 8.38. The van der Waals surface area contributed by atoms with Gasteiger partial charge in [0.15, 0.2) is 0 Å². The van der Waals surface area contributed by atoms with E-state index in [-0.39, 0.29) is 12.1 Å². The van der Waals surface area contributed by atoms with Gasteiger partial charge in [0, 0.05) is 13.1 Å². The van der Waals surface area contributed by atoms with Crippen molar-refractivity contribution < 1.29 is 14.7 Å². The van der Waals surface area contributed by atoms with Crippen LogP contribution >= 0.6 is 0 Å². The summed E-state index contributed by atoms with van der Waals surface area (Å²) in [7, 11) is 1.71. The van der Waals surface area contributed by atoms with Crippen LogP contribution in [0.1, 0.15) is 53.4 Å². The molecule has 0 spiro atoms. The Hall–Kier alpha value is -1.26. The smallest absolute Gasteiger partial charge is 0.329 e. The number of nitrogens with zero attached hydrogens (tertiary/aromatic N) is 1. The van der Waals surface area contributed by atoms with Crippen LogP contribution in [0.4, 0.5) is 4.79 Å². The molecule has 106 valence electrons. The number of carbonyl (C=O) groups is 2. The summed E-state index contributed by atoms with van der Waals surface area (Å²) in [6.07, 6.45) is 2.47. The molecule has 2 N–H and O–H groups in total. The number of rotatable bonds is 7. The molecule has 0 aromatic rings. The normalized spacial score (nSPS) is 11.4. The molecule has 5 heteroatoms. The van der Waals surface area contributed by atoms with Gasteiger partial charge in [0.25, 0.3) is 0 Å². The quantitative estimate of drug-likeness (QED) is 0.737. The minimum Gasteiger partial charge on any atom is -0.480 e. The Morgan fingerprint density at radius 2 is 1.61 bits per heavy atom. The molecule has 0 atom stereocenters. The van der Waals surface area contributed by atoms with Gasteiger partial charge in [-0.05, 0) is 25.7 Å². The van der Waals surface area contributed by atoms with Gasteiger partial charge in [0.2, 0.25) is 0 Å². The van der Waals surface area contributed by atoms with E-state index in [1.54, 1.807) is 25.8 Å². The van der Waals surface area contributed by atoms with E-state index < -0.39 is 11.5 Å². The highest BCUT2D eigenvalue weighted by Gasteiger charge is 2.37. The van der Waals surface area contributed by atoms with Gasteiger partial charge >= 0.3 is 12.0 Å². The Morgan fingerprint density at radius 1 is 1.17 bits per heavy atom. The molecule has 0 fully saturated rings. The Morgan fingerprint density at radius 3 is 1.89 bits per heavy atom. The van der Waals surface area contributed by atoms with Crippen LogP contribution in [-0.4, -0.2) is 40.6 Å². The maximum absolute atomic E-state index is 12.1. The van der Waals surface area contributed by atoms with Crippen LogP contribution < -0.4 is 5.32 Å². The van der Waals surface area contributed by atoms with Crippen molar-refractivity contribution in [1.82, 2.24) is 10.2 Å². The predicted molar refractivity (Wildman–Crippen MR) is 71.6 cm³/mol. The van der Waals surface area contributed by atoms with E-state index in [1.807, 2.05) is 13.8 Å². The number of amides is 2. The van der Waals surface area contributed by atoms with Gasteiger partial charge in [-0.25, -0.2) is 9.59 Å². The van der Waals surface area contributed by atoms with Crippen LogP contribution in [0.25, 0.3) is 0 Å².